The second-order valence-electron chi connectivity index (χ2n) is 10.8. The van der Waals surface area contributed by atoms with Gasteiger partial charge in [0.2, 0.25) is 0 Å². The van der Waals surface area contributed by atoms with Crippen LogP contribution in [0.3, 0.4) is 0 Å². The first-order valence-corrected chi connectivity index (χ1v) is 14.5. The van der Waals surface area contributed by atoms with Gasteiger partial charge in [0.15, 0.2) is 11.9 Å². The number of aliphatic imine (C=N–C) groups is 2. The first-order chi connectivity index (χ1) is 20.0. The first-order valence-electron chi connectivity index (χ1n) is 14.5. The highest BCUT2D eigenvalue weighted by molar-refractivity contribution is 5.96. The maximum atomic E-state index is 13.1. The van der Waals surface area contributed by atoms with Crippen molar-refractivity contribution in [2.24, 2.45) is 24.1 Å². The Morgan fingerprint density at radius 3 is 1.63 bits per heavy atom. The molecule has 2 aromatic rings. The summed E-state index contributed by atoms with van der Waals surface area (Å²) >= 11 is 0. The van der Waals surface area contributed by atoms with Crippen LogP contribution in [0, 0.1) is 0 Å². The summed E-state index contributed by atoms with van der Waals surface area (Å²) in [6.45, 7) is 7.77. The van der Waals surface area contributed by atoms with Crippen molar-refractivity contribution in [3.8, 4) is 0 Å². The van der Waals surface area contributed by atoms with E-state index in [4.69, 9.17) is 0 Å². The smallest absolute Gasteiger partial charge is 0.268 e. The summed E-state index contributed by atoms with van der Waals surface area (Å²) in [7, 11) is 3.90. The normalized spacial score (nSPS) is 17.3. The third kappa shape index (κ3) is 5.50. The molecule has 0 unspecified atom stereocenters. The Morgan fingerprint density at radius 2 is 1.22 bits per heavy atom. The summed E-state index contributed by atoms with van der Waals surface area (Å²) in [5.74, 6) is 1.41. The van der Waals surface area contributed by atoms with E-state index in [2.05, 4.69) is 51.7 Å². The molecule has 0 spiro atoms. The number of hydrogen-bond donors (Lipinski definition) is 6. The van der Waals surface area contributed by atoms with Crippen molar-refractivity contribution in [1.82, 2.24) is 41.0 Å². The minimum Gasteiger partial charge on any atom is -0.356 e. The number of hydrogen-bond acceptors (Lipinski definition) is 10. The molecule has 2 amide bonds. The highest BCUT2D eigenvalue weighted by Crippen LogP contribution is 2.40. The third-order valence-electron chi connectivity index (χ3n) is 8.04. The summed E-state index contributed by atoms with van der Waals surface area (Å²) in [6, 6.07) is 3.98. The first kappa shape index (κ1) is 26.8. The molecule has 2 aromatic heterocycles. The molecule has 0 aliphatic carbocycles. The van der Waals surface area contributed by atoms with Gasteiger partial charge in [-0.1, -0.05) is 0 Å². The van der Waals surface area contributed by atoms with E-state index < -0.39 is 0 Å². The fourth-order valence-electron chi connectivity index (χ4n) is 5.80. The molecule has 41 heavy (non-hydrogen) atoms. The second-order valence-corrected chi connectivity index (χ2v) is 10.8. The van der Waals surface area contributed by atoms with E-state index in [1.807, 2.05) is 35.4 Å². The van der Waals surface area contributed by atoms with Gasteiger partial charge >= 0.3 is 0 Å². The Balaban J connectivity index is 1.07. The Morgan fingerprint density at radius 1 is 0.756 bits per heavy atom. The van der Waals surface area contributed by atoms with Crippen molar-refractivity contribution in [3.05, 3.63) is 34.9 Å². The summed E-state index contributed by atoms with van der Waals surface area (Å²) in [5.41, 5.74) is 5.59. The number of guanidine groups is 2. The van der Waals surface area contributed by atoms with Crippen LogP contribution in [0.4, 0.5) is 11.4 Å². The number of fused-ring (bicyclic) bond motifs is 6. The molecule has 0 radical (unpaired) electrons. The van der Waals surface area contributed by atoms with Gasteiger partial charge in [0.1, 0.15) is 11.4 Å². The Labute approximate surface area is 239 Å². The van der Waals surface area contributed by atoms with Crippen LogP contribution in [0.15, 0.2) is 22.1 Å². The average Bonchev–Trinajstić information content (AvgIpc) is 3.51. The van der Waals surface area contributed by atoms with Crippen LogP contribution in [-0.4, -0.2) is 91.9 Å². The minimum absolute atomic E-state index is 0.0923. The number of aromatic nitrogens is 2. The van der Waals surface area contributed by atoms with Crippen molar-refractivity contribution < 1.29 is 9.59 Å². The van der Waals surface area contributed by atoms with Crippen LogP contribution >= 0.6 is 0 Å². The molecule has 6 N–H and O–H groups in total. The van der Waals surface area contributed by atoms with Gasteiger partial charge in [-0.05, 0) is 25.0 Å². The lowest BCUT2D eigenvalue weighted by atomic mass is 10.1. The van der Waals surface area contributed by atoms with Gasteiger partial charge < -0.3 is 50.8 Å². The zero-order valence-electron chi connectivity index (χ0n) is 23.8. The quantitative estimate of drug-likeness (QED) is 0.224. The van der Waals surface area contributed by atoms with Crippen molar-refractivity contribution >= 4 is 35.1 Å². The zero-order valence-corrected chi connectivity index (χ0v) is 23.8. The van der Waals surface area contributed by atoms with E-state index in [-0.39, 0.29) is 11.8 Å². The van der Waals surface area contributed by atoms with E-state index in [1.165, 1.54) is 0 Å². The summed E-state index contributed by atoms with van der Waals surface area (Å²) in [6.07, 6.45) is 2.09. The van der Waals surface area contributed by atoms with Gasteiger partial charge in [-0.3, -0.25) is 19.6 Å². The van der Waals surface area contributed by atoms with E-state index in [0.717, 1.165) is 73.7 Å². The summed E-state index contributed by atoms with van der Waals surface area (Å²) in [4.78, 5) is 39.5. The summed E-state index contributed by atoms with van der Waals surface area (Å²) in [5, 5.41) is 19.0. The van der Waals surface area contributed by atoms with Gasteiger partial charge in [0.05, 0.1) is 42.5 Å². The molecule has 0 saturated heterocycles. The Bertz CT molecular complexity index is 1270. The molecule has 0 fully saturated rings. The van der Waals surface area contributed by atoms with Crippen molar-refractivity contribution in [2.75, 3.05) is 68.8 Å². The number of carbonyl (C=O) groups is 2. The lowest BCUT2D eigenvalue weighted by molar-refractivity contribution is 0.0937. The number of carbonyl (C=O) groups excluding carboxylic acids is 2. The lowest BCUT2D eigenvalue weighted by Gasteiger charge is -2.42. The van der Waals surface area contributed by atoms with Crippen LogP contribution in [0.25, 0.3) is 0 Å². The molecule has 6 rings (SSSR count). The molecule has 220 valence electrons. The van der Waals surface area contributed by atoms with Crippen molar-refractivity contribution in [3.63, 3.8) is 0 Å². The molecule has 6 heterocycles. The maximum Gasteiger partial charge on any atom is 0.268 e. The maximum absolute atomic E-state index is 13.1. The van der Waals surface area contributed by atoms with Crippen LogP contribution in [0.1, 0.15) is 45.2 Å². The predicted octanol–water partition coefficient (Wildman–Crippen LogP) is -1.00. The average molecular weight is 565 g/mol. The van der Waals surface area contributed by atoms with E-state index in [0.29, 0.717) is 57.3 Å². The molecule has 14 nitrogen and oxygen atoms in total. The van der Waals surface area contributed by atoms with Crippen LogP contribution in [0.2, 0.25) is 0 Å². The van der Waals surface area contributed by atoms with Gasteiger partial charge in [-0.25, -0.2) is 0 Å². The van der Waals surface area contributed by atoms with Crippen LogP contribution in [-0.2, 0) is 27.2 Å². The second kappa shape index (κ2) is 11.6. The third-order valence-corrected chi connectivity index (χ3v) is 8.04. The van der Waals surface area contributed by atoms with Crippen LogP contribution in [0.5, 0.6) is 0 Å². The molecule has 4 aliphatic rings. The molecule has 0 aromatic carbocycles. The van der Waals surface area contributed by atoms with Gasteiger partial charge in [-0.2, -0.15) is 0 Å². The van der Waals surface area contributed by atoms with Gasteiger partial charge in [0.25, 0.3) is 11.8 Å². The highest BCUT2D eigenvalue weighted by Gasteiger charge is 2.35. The van der Waals surface area contributed by atoms with Gasteiger partial charge in [0, 0.05) is 66.5 Å². The number of nitrogens with one attached hydrogen (secondary N) is 6. The molecule has 2 bridgehead atoms. The fourth-order valence-corrected chi connectivity index (χ4v) is 5.80. The van der Waals surface area contributed by atoms with E-state index >= 15 is 0 Å². The minimum atomic E-state index is -0.0923. The van der Waals surface area contributed by atoms with E-state index in [9.17, 15) is 9.59 Å². The molecular weight excluding hydrogens is 524 g/mol. The lowest BCUT2D eigenvalue weighted by Crippen LogP contribution is -2.46. The Hall–Kier alpha value is -4.36. The molecule has 0 saturated carbocycles. The molecular formula is C27H40N12O2. The topological polar surface area (TPSA) is 147 Å². The van der Waals surface area contributed by atoms with E-state index in [1.54, 1.807) is 0 Å². The standard InChI is InChI=1S/C27H40N12O2/c1-36-20(24(40)28-9-11-34-26-30-5-3-6-31-26)13-18-22(36)15-38-17-39(18)16-23-19(38)14-21(37(23)2)25(41)29-10-12-35-27-32-7-4-8-33-27/h13-14H,3-12,15-17H2,1-2H3,(H,28,40)(H,29,41)(H2,30,31,34)(H2,32,33,35). The zero-order chi connectivity index (χ0) is 28.3. The molecule has 14 heteroatoms. The number of nitrogens with zero attached hydrogens (tertiary/aromatic N) is 6. The predicted molar refractivity (Wildman–Crippen MR) is 159 cm³/mol. The monoisotopic (exact) mass is 564 g/mol. The van der Waals surface area contributed by atoms with Crippen molar-refractivity contribution in [1.29, 1.82) is 0 Å². The largest absolute Gasteiger partial charge is 0.356 e. The number of anilines is 2. The molecule has 4 aliphatic heterocycles. The van der Waals surface area contributed by atoms with Gasteiger partial charge in [-0.15, -0.1) is 0 Å². The number of amides is 2. The molecule has 0 atom stereocenters. The van der Waals surface area contributed by atoms with Crippen molar-refractivity contribution in [2.45, 2.75) is 25.9 Å². The SMILES string of the molecule is Cn1c(C(=O)NCCNC2=NCCCN2)cc2c1CN1CN2Cc2c1cc(C(=O)NCCNC1=NCCCN1)n2C. The Kier molecular flexibility index (Phi) is 7.61. The number of rotatable bonds is 8. The highest BCUT2D eigenvalue weighted by atomic mass is 16.2. The van der Waals surface area contributed by atoms with Crippen LogP contribution < -0.4 is 41.7 Å². The fraction of sp³-hybridized carbons (Fsp3) is 0.556. The summed E-state index contributed by atoms with van der Waals surface area (Å²) < 4.78 is 3.98.